The molecule has 0 saturated carbocycles. The Labute approximate surface area is 203 Å². The van der Waals surface area contributed by atoms with Crippen LogP contribution in [0.15, 0.2) is 90.0 Å². The highest BCUT2D eigenvalue weighted by molar-refractivity contribution is 6.04. The second-order valence-corrected chi connectivity index (χ2v) is 10.1. The van der Waals surface area contributed by atoms with Gasteiger partial charge in [-0.15, -0.1) is 0 Å². The third-order valence-electron chi connectivity index (χ3n) is 6.80. The number of aromatic nitrogens is 4. The van der Waals surface area contributed by atoms with Crippen LogP contribution in [0.2, 0.25) is 0 Å². The van der Waals surface area contributed by atoms with Crippen LogP contribution in [0.3, 0.4) is 0 Å². The van der Waals surface area contributed by atoms with E-state index in [2.05, 4.69) is 67.1 Å². The van der Waals surface area contributed by atoms with Crippen LogP contribution in [0.4, 0.5) is 0 Å². The van der Waals surface area contributed by atoms with Crippen molar-refractivity contribution in [1.29, 1.82) is 0 Å². The topological polar surface area (TPSA) is 52.7 Å². The van der Waals surface area contributed by atoms with E-state index < -0.39 is 0 Å². The summed E-state index contributed by atoms with van der Waals surface area (Å²) in [5, 5.41) is 2.03. The number of fused-ring (bicyclic) bond motifs is 4. The molecule has 0 bridgehead atoms. The monoisotopic (exact) mass is 458 g/mol. The van der Waals surface area contributed by atoms with Crippen molar-refractivity contribution in [3.8, 4) is 16.8 Å². The molecule has 0 saturated heterocycles. The van der Waals surface area contributed by atoms with Crippen molar-refractivity contribution in [3.63, 3.8) is 0 Å². The average Bonchev–Trinajstić information content (AvgIpc) is 3.13. The lowest BCUT2D eigenvalue weighted by Gasteiger charge is -2.19. The molecule has 3 heterocycles. The molecule has 0 amide bonds. The molecule has 6 rings (SSSR count). The van der Waals surface area contributed by atoms with E-state index in [1.807, 2.05) is 42.6 Å². The molecule has 172 valence electrons. The van der Waals surface area contributed by atoms with Gasteiger partial charge in [-0.05, 0) is 52.9 Å². The molecule has 0 N–H and O–H groups in total. The van der Waals surface area contributed by atoms with Crippen molar-refractivity contribution in [1.82, 2.24) is 19.1 Å². The predicted octanol–water partition coefficient (Wildman–Crippen LogP) is 6.39. The quantitative estimate of drug-likeness (QED) is 0.302. The number of rotatable bonds is 2. The summed E-state index contributed by atoms with van der Waals surface area (Å²) in [6.07, 6.45) is 3.69. The van der Waals surface area contributed by atoms with Crippen LogP contribution in [0.25, 0.3) is 49.7 Å². The first-order valence-electron chi connectivity index (χ1n) is 11.8. The lowest BCUT2D eigenvalue weighted by molar-refractivity contribution is 0.590. The highest BCUT2D eigenvalue weighted by Gasteiger charge is 2.18. The number of para-hydroxylation sites is 1. The van der Waals surface area contributed by atoms with Crippen molar-refractivity contribution in [2.45, 2.75) is 26.2 Å². The summed E-state index contributed by atoms with van der Waals surface area (Å²) < 4.78 is 3.47. The minimum atomic E-state index is -0.0874. The molecule has 0 aliphatic heterocycles. The molecule has 0 spiro atoms. The van der Waals surface area contributed by atoms with Crippen molar-refractivity contribution in [2.75, 3.05) is 0 Å². The normalized spacial score (nSPS) is 12.1. The summed E-state index contributed by atoms with van der Waals surface area (Å²) in [4.78, 5) is 22.7. The summed E-state index contributed by atoms with van der Waals surface area (Å²) in [6, 6.07) is 24.7. The van der Waals surface area contributed by atoms with Crippen LogP contribution >= 0.6 is 0 Å². The Bertz CT molecular complexity index is 1800. The molecular weight excluding hydrogens is 432 g/mol. The lowest BCUT2D eigenvalue weighted by Crippen LogP contribution is -2.21. The van der Waals surface area contributed by atoms with Gasteiger partial charge in [-0.3, -0.25) is 19.1 Å². The molecule has 0 fully saturated rings. The number of benzene rings is 3. The SMILES string of the molecule is Cn1c(=O)n(-c2ccc(C(C)(C)C)cc2)c2c3cc(-c4cnc5ccccc5c4)ccc3ncc21. The molecule has 0 radical (unpaired) electrons. The molecule has 6 aromatic rings. The number of aryl methyl sites for hydroxylation is 1. The summed E-state index contributed by atoms with van der Waals surface area (Å²) >= 11 is 0. The van der Waals surface area contributed by atoms with E-state index in [1.165, 1.54) is 5.56 Å². The van der Waals surface area contributed by atoms with Gasteiger partial charge in [0.1, 0.15) is 0 Å². The maximum atomic E-state index is 13.4. The zero-order chi connectivity index (χ0) is 24.3. The molecular formula is C30H26N4O. The molecule has 5 heteroatoms. The van der Waals surface area contributed by atoms with Crippen LogP contribution < -0.4 is 5.69 Å². The summed E-state index contributed by atoms with van der Waals surface area (Å²) in [5.74, 6) is 0. The van der Waals surface area contributed by atoms with E-state index >= 15 is 0 Å². The van der Waals surface area contributed by atoms with Crippen LogP contribution in [-0.2, 0) is 12.5 Å². The largest absolute Gasteiger partial charge is 0.333 e. The first kappa shape index (κ1) is 21.3. The van der Waals surface area contributed by atoms with Gasteiger partial charge >= 0.3 is 5.69 Å². The van der Waals surface area contributed by atoms with Crippen LogP contribution in [-0.4, -0.2) is 19.1 Å². The highest BCUT2D eigenvalue weighted by atomic mass is 16.1. The zero-order valence-corrected chi connectivity index (χ0v) is 20.3. The van der Waals surface area contributed by atoms with Crippen LogP contribution in [0, 0.1) is 0 Å². The van der Waals surface area contributed by atoms with Crippen molar-refractivity contribution in [3.05, 3.63) is 101 Å². The number of pyridine rings is 2. The van der Waals surface area contributed by atoms with E-state index in [9.17, 15) is 4.79 Å². The molecule has 0 atom stereocenters. The molecule has 0 unspecified atom stereocenters. The van der Waals surface area contributed by atoms with Gasteiger partial charge in [-0.25, -0.2) is 4.79 Å². The molecule has 35 heavy (non-hydrogen) atoms. The summed E-state index contributed by atoms with van der Waals surface area (Å²) in [5.41, 5.74) is 7.58. The van der Waals surface area contributed by atoms with Crippen molar-refractivity contribution < 1.29 is 0 Å². The van der Waals surface area contributed by atoms with Gasteiger partial charge in [-0.2, -0.15) is 0 Å². The minimum Gasteiger partial charge on any atom is -0.293 e. The fourth-order valence-corrected chi connectivity index (χ4v) is 4.76. The Morgan fingerprint density at radius 1 is 0.771 bits per heavy atom. The molecule has 3 aromatic heterocycles. The van der Waals surface area contributed by atoms with Crippen molar-refractivity contribution in [2.24, 2.45) is 7.05 Å². The van der Waals surface area contributed by atoms with E-state index in [1.54, 1.807) is 22.4 Å². The first-order valence-corrected chi connectivity index (χ1v) is 11.8. The number of hydrogen-bond donors (Lipinski definition) is 0. The second kappa shape index (κ2) is 7.64. The lowest BCUT2D eigenvalue weighted by atomic mass is 9.87. The van der Waals surface area contributed by atoms with Crippen molar-refractivity contribution >= 4 is 32.8 Å². The number of nitrogens with zero attached hydrogens (tertiary/aromatic N) is 4. The average molecular weight is 459 g/mol. The Hall–Kier alpha value is -4.25. The predicted molar refractivity (Wildman–Crippen MR) is 143 cm³/mol. The summed E-state index contributed by atoms with van der Waals surface area (Å²) in [7, 11) is 1.80. The Balaban J connectivity index is 1.60. The maximum absolute atomic E-state index is 13.4. The van der Waals surface area contributed by atoms with E-state index in [-0.39, 0.29) is 11.1 Å². The highest BCUT2D eigenvalue weighted by Crippen LogP contribution is 2.31. The van der Waals surface area contributed by atoms with Crippen LogP contribution in [0.5, 0.6) is 0 Å². The molecule has 5 nitrogen and oxygen atoms in total. The van der Waals surface area contributed by atoms with Crippen LogP contribution in [0.1, 0.15) is 26.3 Å². The van der Waals surface area contributed by atoms with Gasteiger partial charge in [0.05, 0.1) is 34.0 Å². The Morgan fingerprint density at radius 2 is 1.51 bits per heavy atom. The maximum Gasteiger partial charge on any atom is 0.333 e. The smallest absolute Gasteiger partial charge is 0.293 e. The van der Waals surface area contributed by atoms with E-state index in [0.717, 1.165) is 49.7 Å². The zero-order valence-electron chi connectivity index (χ0n) is 20.3. The summed E-state index contributed by atoms with van der Waals surface area (Å²) in [6.45, 7) is 6.57. The fraction of sp³-hybridized carbons (Fsp3) is 0.167. The third kappa shape index (κ3) is 3.43. The molecule has 0 aliphatic carbocycles. The number of hydrogen-bond acceptors (Lipinski definition) is 3. The second-order valence-electron chi connectivity index (χ2n) is 10.1. The van der Waals surface area contributed by atoms with E-state index in [4.69, 9.17) is 0 Å². The van der Waals surface area contributed by atoms with Gasteiger partial charge in [0.2, 0.25) is 0 Å². The standard InChI is InChI=1S/C30H26N4O/c1-30(2,3)22-10-12-23(13-11-22)34-28-24-16-19(21-15-20-7-5-6-8-25(20)31-17-21)9-14-26(24)32-18-27(28)33(4)29(34)35/h5-18H,1-4H3. The third-order valence-corrected chi connectivity index (χ3v) is 6.80. The van der Waals surface area contributed by atoms with Gasteiger partial charge in [0.25, 0.3) is 0 Å². The Kier molecular flexibility index (Phi) is 4.65. The minimum absolute atomic E-state index is 0.0433. The molecule has 3 aromatic carbocycles. The number of imidazole rings is 1. The van der Waals surface area contributed by atoms with Gasteiger partial charge in [-0.1, -0.05) is 57.2 Å². The van der Waals surface area contributed by atoms with Gasteiger partial charge in [0, 0.05) is 29.6 Å². The Morgan fingerprint density at radius 3 is 2.29 bits per heavy atom. The molecule has 0 aliphatic rings. The van der Waals surface area contributed by atoms with Gasteiger partial charge in [0.15, 0.2) is 0 Å². The van der Waals surface area contributed by atoms with Gasteiger partial charge < -0.3 is 0 Å². The van der Waals surface area contributed by atoms with E-state index in [0.29, 0.717) is 0 Å². The first-order chi connectivity index (χ1) is 16.8. The fourth-order valence-electron chi connectivity index (χ4n) is 4.76.